The van der Waals surface area contributed by atoms with Crippen molar-refractivity contribution in [2.24, 2.45) is 0 Å². The fourth-order valence-corrected chi connectivity index (χ4v) is 2.39. The third-order valence-electron chi connectivity index (χ3n) is 2.40. The fourth-order valence-electron chi connectivity index (χ4n) is 1.42. The number of rotatable bonds is 3. The van der Waals surface area contributed by atoms with Crippen LogP contribution in [-0.4, -0.2) is 19.3 Å². The Bertz CT molecular complexity index is 509. The minimum Gasteiger partial charge on any atom is -0.506 e. The first-order valence-electron chi connectivity index (χ1n) is 4.62. The number of hydrogen-bond acceptors (Lipinski definition) is 3. The molecule has 16 heavy (non-hydrogen) atoms. The number of aryl methyl sites for hydroxylation is 2. The largest absolute Gasteiger partial charge is 0.506 e. The van der Waals surface area contributed by atoms with Crippen molar-refractivity contribution in [3.05, 3.63) is 27.8 Å². The Hall–Kier alpha value is -0.450. The average Bonchev–Trinajstić information content (AvgIpc) is 2.17. The van der Waals surface area contributed by atoms with Crippen LogP contribution in [0.25, 0.3) is 0 Å². The third kappa shape index (κ3) is 3.27. The van der Waals surface area contributed by atoms with Crippen LogP contribution in [0.3, 0.4) is 0 Å². The van der Waals surface area contributed by atoms with E-state index >= 15 is 0 Å². The predicted octanol–water partition coefficient (Wildman–Crippen LogP) is 2.77. The predicted molar refractivity (Wildman–Crippen MR) is 65.9 cm³/mol. The summed E-state index contributed by atoms with van der Waals surface area (Å²) in [5, 5.41) is 9.83. The van der Waals surface area contributed by atoms with Gasteiger partial charge in [-0.25, -0.2) is 8.42 Å². The summed E-state index contributed by atoms with van der Waals surface area (Å²) in [7, 11) is 1.63. The van der Waals surface area contributed by atoms with Gasteiger partial charge in [-0.3, -0.25) is 0 Å². The zero-order chi connectivity index (χ0) is 12.5. The van der Waals surface area contributed by atoms with Crippen LogP contribution in [0.4, 0.5) is 0 Å². The van der Waals surface area contributed by atoms with E-state index in [-0.39, 0.29) is 16.5 Å². The summed E-state index contributed by atoms with van der Waals surface area (Å²) in [6.45, 7) is 3.44. The van der Waals surface area contributed by atoms with Crippen LogP contribution in [0.1, 0.15) is 16.7 Å². The van der Waals surface area contributed by atoms with Crippen molar-refractivity contribution in [1.82, 2.24) is 0 Å². The minimum absolute atomic E-state index is 0.0386. The lowest BCUT2D eigenvalue weighted by Crippen LogP contribution is -2.03. The van der Waals surface area contributed by atoms with E-state index in [1.54, 1.807) is 19.9 Å². The van der Waals surface area contributed by atoms with Gasteiger partial charge < -0.3 is 5.11 Å². The maximum absolute atomic E-state index is 10.8. The summed E-state index contributed by atoms with van der Waals surface area (Å²) in [5.74, 6) is -0.104. The van der Waals surface area contributed by atoms with E-state index in [4.69, 9.17) is 22.3 Å². The average molecular weight is 283 g/mol. The highest BCUT2D eigenvalue weighted by molar-refractivity contribution is 8.13. The van der Waals surface area contributed by atoms with Crippen LogP contribution in [0, 0.1) is 13.8 Å². The molecule has 1 rings (SSSR count). The van der Waals surface area contributed by atoms with Crippen molar-refractivity contribution >= 4 is 31.3 Å². The lowest BCUT2D eigenvalue weighted by molar-refractivity contribution is 0.470. The summed E-state index contributed by atoms with van der Waals surface area (Å²) in [4.78, 5) is 0. The van der Waals surface area contributed by atoms with Crippen LogP contribution in [0.2, 0.25) is 5.02 Å². The van der Waals surface area contributed by atoms with E-state index in [0.717, 1.165) is 5.56 Å². The SMILES string of the molecule is Cc1cc(CCS(=O)(=O)Cl)c(C)c(Cl)c1O. The standard InChI is InChI=1S/C10H12Cl2O3S/c1-6-5-8(3-4-16(12,14)15)7(2)9(11)10(6)13/h5,13H,3-4H2,1-2H3. The molecule has 0 saturated heterocycles. The van der Waals surface area contributed by atoms with Crippen molar-refractivity contribution in [2.75, 3.05) is 5.75 Å². The summed E-state index contributed by atoms with van der Waals surface area (Å²) < 4.78 is 21.7. The number of benzene rings is 1. The van der Waals surface area contributed by atoms with E-state index in [1.807, 2.05) is 0 Å². The lowest BCUT2D eigenvalue weighted by Gasteiger charge is -2.10. The van der Waals surface area contributed by atoms with Crippen LogP contribution in [0.15, 0.2) is 6.07 Å². The highest BCUT2D eigenvalue weighted by Crippen LogP contribution is 2.33. The van der Waals surface area contributed by atoms with Crippen LogP contribution in [0.5, 0.6) is 5.75 Å². The molecule has 0 atom stereocenters. The second kappa shape index (κ2) is 4.82. The summed E-state index contributed by atoms with van der Waals surface area (Å²) in [6.07, 6.45) is 0.290. The molecule has 0 aliphatic rings. The first-order valence-corrected chi connectivity index (χ1v) is 7.48. The zero-order valence-electron chi connectivity index (χ0n) is 8.92. The molecule has 0 heterocycles. The smallest absolute Gasteiger partial charge is 0.232 e. The van der Waals surface area contributed by atoms with Gasteiger partial charge in [-0.1, -0.05) is 17.7 Å². The number of hydrogen-bond donors (Lipinski definition) is 1. The van der Waals surface area contributed by atoms with Gasteiger partial charge in [0, 0.05) is 10.7 Å². The number of phenolic OH excluding ortho intramolecular Hbond substituents is 1. The van der Waals surface area contributed by atoms with Gasteiger partial charge in [0.2, 0.25) is 9.05 Å². The molecule has 90 valence electrons. The van der Waals surface area contributed by atoms with Crippen molar-refractivity contribution in [2.45, 2.75) is 20.3 Å². The van der Waals surface area contributed by atoms with Crippen LogP contribution >= 0.6 is 22.3 Å². The number of halogens is 2. The normalized spacial score (nSPS) is 11.8. The molecule has 0 aliphatic carbocycles. The fraction of sp³-hybridized carbons (Fsp3) is 0.400. The first-order chi connectivity index (χ1) is 7.22. The Balaban J connectivity index is 3.07. The second-order valence-electron chi connectivity index (χ2n) is 3.63. The Morgan fingerprint density at radius 2 is 1.94 bits per heavy atom. The van der Waals surface area contributed by atoms with Crippen molar-refractivity contribution in [3.8, 4) is 5.75 Å². The van der Waals surface area contributed by atoms with Crippen LogP contribution in [-0.2, 0) is 15.5 Å². The van der Waals surface area contributed by atoms with Gasteiger partial charge in [0.15, 0.2) is 0 Å². The monoisotopic (exact) mass is 282 g/mol. The number of phenols is 1. The van der Waals surface area contributed by atoms with Gasteiger partial charge >= 0.3 is 0 Å². The molecule has 0 fully saturated rings. The highest BCUT2D eigenvalue weighted by Gasteiger charge is 2.13. The molecular formula is C10H12Cl2O3S. The maximum Gasteiger partial charge on any atom is 0.232 e. The first kappa shape index (κ1) is 13.6. The quantitative estimate of drug-likeness (QED) is 0.868. The molecule has 0 aliphatic heterocycles. The van der Waals surface area contributed by atoms with Crippen molar-refractivity contribution in [3.63, 3.8) is 0 Å². The van der Waals surface area contributed by atoms with Gasteiger partial charge in [0.1, 0.15) is 5.75 Å². The van der Waals surface area contributed by atoms with E-state index in [1.165, 1.54) is 0 Å². The molecule has 0 unspecified atom stereocenters. The summed E-state index contributed by atoms with van der Waals surface area (Å²) in [6, 6.07) is 1.72. The summed E-state index contributed by atoms with van der Waals surface area (Å²) >= 11 is 5.91. The van der Waals surface area contributed by atoms with Gasteiger partial charge in [0.05, 0.1) is 10.8 Å². The van der Waals surface area contributed by atoms with E-state index < -0.39 is 9.05 Å². The molecule has 3 nitrogen and oxygen atoms in total. The topological polar surface area (TPSA) is 54.4 Å². The zero-order valence-corrected chi connectivity index (χ0v) is 11.2. The molecule has 0 amide bonds. The van der Waals surface area contributed by atoms with Crippen LogP contribution < -0.4 is 0 Å². The molecule has 0 bridgehead atoms. The Kier molecular flexibility index (Phi) is 4.10. The Morgan fingerprint density at radius 1 is 1.38 bits per heavy atom. The van der Waals surface area contributed by atoms with Crippen molar-refractivity contribution < 1.29 is 13.5 Å². The Labute approximate surface area is 104 Å². The second-order valence-corrected chi connectivity index (χ2v) is 6.91. The Morgan fingerprint density at radius 3 is 2.44 bits per heavy atom. The lowest BCUT2D eigenvalue weighted by atomic mass is 10.0. The number of aromatic hydroxyl groups is 1. The molecular weight excluding hydrogens is 271 g/mol. The minimum atomic E-state index is -3.51. The molecule has 6 heteroatoms. The third-order valence-corrected chi connectivity index (χ3v) is 4.02. The van der Waals surface area contributed by atoms with Gasteiger partial charge in [-0.05, 0) is 37.0 Å². The molecule has 1 aromatic carbocycles. The molecule has 0 aromatic heterocycles. The van der Waals surface area contributed by atoms with E-state index in [2.05, 4.69) is 0 Å². The molecule has 0 spiro atoms. The molecule has 1 N–H and O–H groups in total. The van der Waals surface area contributed by atoms with Gasteiger partial charge in [-0.15, -0.1) is 0 Å². The van der Waals surface area contributed by atoms with Gasteiger partial charge in [0.25, 0.3) is 0 Å². The summed E-state index contributed by atoms with van der Waals surface area (Å²) in [5.41, 5.74) is 2.09. The van der Waals surface area contributed by atoms with Crippen molar-refractivity contribution in [1.29, 1.82) is 0 Å². The maximum atomic E-state index is 10.8. The molecule has 0 saturated carbocycles. The molecule has 1 aromatic rings. The van der Waals surface area contributed by atoms with E-state index in [0.29, 0.717) is 17.5 Å². The van der Waals surface area contributed by atoms with E-state index in [9.17, 15) is 13.5 Å². The van der Waals surface area contributed by atoms with Gasteiger partial charge in [-0.2, -0.15) is 0 Å². The molecule has 0 radical (unpaired) electrons. The highest BCUT2D eigenvalue weighted by atomic mass is 35.7.